The Morgan fingerprint density at radius 2 is 0.879 bits per heavy atom. The Labute approximate surface area is 200 Å². The Morgan fingerprint density at radius 3 is 1.24 bits per heavy atom. The van der Waals surface area contributed by atoms with E-state index in [4.69, 9.17) is 13.6 Å². The normalized spacial score (nSPS) is 12.7. The van der Waals surface area contributed by atoms with Gasteiger partial charge in [-0.2, -0.15) is 0 Å². The van der Waals surface area contributed by atoms with E-state index in [0.29, 0.717) is 0 Å². The minimum absolute atomic E-state index is 0.872. The smallest absolute Gasteiger partial charge is 0.228 e. The molecular formula is C28H30O3Si2. The van der Waals surface area contributed by atoms with Crippen molar-refractivity contribution in [2.24, 2.45) is 0 Å². The summed E-state index contributed by atoms with van der Waals surface area (Å²) in [5.74, 6) is 1.74. The average Bonchev–Trinajstić information content (AvgIpc) is 2.85. The molecule has 0 fully saturated rings. The topological polar surface area (TPSA) is 27.7 Å². The molecule has 168 valence electrons. The molecule has 0 aromatic heterocycles. The van der Waals surface area contributed by atoms with Crippen LogP contribution in [0.15, 0.2) is 97.1 Å². The van der Waals surface area contributed by atoms with Crippen molar-refractivity contribution in [3.63, 3.8) is 0 Å². The lowest BCUT2D eigenvalue weighted by molar-refractivity contribution is 0.414. The number of methoxy groups -OCH3 is 2. The largest absolute Gasteiger partial charge is 0.497 e. The summed E-state index contributed by atoms with van der Waals surface area (Å²) < 4.78 is 18.5. The molecule has 0 saturated carbocycles. The van der Waals surface area contributed by atoms with Gasteiger partial charge in [-0.05, 0) is 70.0 Å². The Balaban J connectivity index is 1.85. The highest BCUT2D eigenvalue weighted by Crippen LogP contribution is 2.14. The molecule has 5 heteroatoms. The molecular weight excluding hydrogens is 440 g/mol. The van der Waals surface area contributed by atoms with Gasteiger partial charge in [0.15, 0.2) is 0 Å². The molecule has 0 spiro atoms. The summed E-state index contributed by atoms with van der Waals surface area (Å²) in [6.45, 7) is 4.22. The molecule has 0 radical (unpaired) electrons. The molecule has 4 aromatic carbocycles. The van der Waals surface area contributed by atoms with Crippen LogP contribution in [0.5, 0.6) is 11.5 Å². The fourth-order valence-electron chi connectivity index (χ4n) is 4.18. The number of hydrogen-bond acceptors (Lipinski definition) is 3. The summed E-state index contributed by atoms with van der Waals surface area (Å²) in [6, 6.07) is 34.2. The Hall–Kier alpha value is -3.13. The molecule has 0 aliphatic heterocycles. The third kappa shape index (κ3) is 5.63. The summed E-state index contributed by atoms with van der Waals surface area (Å²) in [6.07, 6.45) is 0. The standard InChI is InChI=1S/C28H30O3Si2/c1-21-15-23(29-3)19-27(17-21)32(25-11-7-5-8-12-25)31-33(26-13-9-6-10-14-26)28-18-22(2)16-24(20-28)30-4/h5-20,32-33H,1-4H3. The van der Waals surface area contributed by atoms with Crippen LogP contribution in [-0.2, 0) is 4.12 Å². The molecule has 2 unspecified atom stereocenters. The molecule has 4 rings (SSSR count). The Kier molecular flexibility index (Phi) is 7.44. The van der Waals surface area contributed by atoms with Gasteiger partial charge in [0.25, 0.3) is 0 Å². The summed E-state index contributed by atoms with van der Waals surface area (Å²) in [7, 11) is -0.592. The van der Waals surface area contributed by atoms with Crippen molar-refractivity contribution in [3.8, 4) is 11.5 Å². The van der Waals surface area contributed by atoms with E-state index in [1.54, 1.807) is 14.2 Å². The zero-order valence-electron chi connectivity index (χ0n) is 19.6. The molecule has 0 saturated heterocycles. The van der Waals surface area contributed by atoms with E-state index >= 15 is 0 Å². The van der Waals surface area contributed by atoms with Crippen molar-refractivity contribution in [1.29, 1.82) is 0 Å². The summed E-state index contributed by atoms with van der Waals surface area (Å²) in [5.41, 5.74) is 2.35. The Morgan fingerprint density at radius 1 is 0.485 bits per heavy atom. The molecule has 4 aromatic rings. The minimum Gasteiger partial charge on any atom is -0.497 e. The first-order valence-corrected chi connectivity index (χ1v) is 14.4. The third-order valence-electron chi connectivity index (χ3n) is 5.70. The fourth-order valence-corrected chi connectivity index (χ4v) is 11.2. The van der Waals surface area contributed by atoms with Crippen LogP contribution in [0.4, 0.5) is 0 Å². The second kappa shape index (κ2) is 10.7. The zero-order chi connectivity index (χ0) is 23.2. The van der Waals surface area contributed by atoms with Gasteiger partial charge in [0.2, 0.25) is 18.1 Å². The molecule has 0 aliphatic carbocycles. The summed E-state index contributed by atoms with van der Waals surface area (Å²) in [5, 5.41) is 4.98. The lowest BCUT2D eigenvalue weighted by Gasteiger charge is -2.26. The van der Waals surface area contributed by atoms with E-state index in [1.807, 2.05) is 0 Å². The van der Waals surface area contributed by atoms with Crippen LogP contribution >= 0.6 is 0 Å². The molecule has 0 amide bonds. The quantitative estimate of drug-likeness (QED) is 0.371. The summed E-state index contributed by atoms with van der Waals surface area (Å²) in [4.78, 5) is 0. The van der Waals surface area contributed by atoms with Crippen LogP contribution in [0.2, 0.25) is 0 Å². The van der Waals surface area contributed by atoms with Crippen LogP contribution < -0.4 is 30.2 Å². The van der Waals surface area contributed by atoms with Gasteiger partial charge in [-0.1, -0.05) is 72.8 Å². The van der Waals surface area contributed by atoms with Gasteiger partial charge in [-0.3, -0.25) is 0 Å². The van der Waals surface area contributed by atoms with Gasteiger partial charge in [0.05, 0.1) is 14.2 Å². The number of aryl methyl sites for hydroxylation is 2. The molecule has 33 heavy (non-hydrogen) atoms. The maximum atomic E-state index is 7.27. The minimum atomic E-state index is -2.02. The van der Waals surface area contributed by atoms with Gasteiger partial charge in [-0.25, -0.2) is 0 Å². The van der Waals surface area contributed by atoms with Gasteiger partial charge in [-0.15, -0.1) is 0 Å². The van der Waals surface area contributed by atoms with E-state index in [2.05, 4.69) is 111 Å². The van der Waals surface area contributed by atoms with Crippen LogP contribution in [0.25, 0.3) is 0 Å². The first kappa shape index (κ1) is 23.0. The number of hydrogen-bond donors (Lipinski definition) is 0. The summed E-state index contributed by atoms with van der Waals surface area (Å²) >= 11 is 0. The lowest BCUT2D eigenvalue weighted by atomic mass is 10.2. The average molecular weight is 471 g/mol. The molecule has 0 heterocycles. The van der Waals surface area contributed by atoms with Crippen LogP contribution in [0.3, 0.4) is 0 Å². The predicted molar refractivity (Wildman–Crippen MR) is 142 cm³/mol. The molecule has 0 bridgehead atoms. The lowest BCUT2D eigenvalue weighted by Crippen LogP contribution is -2.56. The van der Waals surface area contributed by atoms with Crippen LogP contribution in [0, 0.1) is 13.8 Å². The highest BCUT2D eigenvalue weighted by atomic mass is 28.4. The van der Waals surface area contributed by atoms with E-state index in [9.17, 15) is 0 Å². The maximum Gasteiger partial charge on any atom is 0.228 e. The van der Waals surface area contributed by atoms with Crippen molar-refractivity contribution >= 4 is 38.8 Å². The van der Waals surface area contributed by atoms with E-state index in [0.717, 1.165) is 11.5 Å². The first-order chi connectivity index (χ1) is 16.1. The first-order valence-electron chi connectivity index (χ1n) is 11.1. The number of ether oxygens (including phenoxy) is 2. The maximum absolute atomic E-state index is 7.27. The van der Waals surface area contributed by atoms with Gasteiger partial charge >= 0.3 is 0 Å². The van der Waals surface area contributed by atoms with E-state index in [-0.39, 0.29) is 0 Å². The third-order valence-corrected chi connectivity index (χ3v) is 11.7. The van der Waals surface area contributed by atoms with Crippen molar-refractivity contribution < 1.29 is 13.6 Å². The highest BCUT2D eigenvalue weighted by molar-refractivity contribution is 6.91. The second-order valence-corrected chi connectivity index (χ2v) is 13.6. The Bertz CT molecular complexity index is 1100. The van der Waals surface area contributed by atoms with Gasteiger partial charge in [0, 0.05) is 0 Å². The molecule has 0 aliphatic rings. The monoisotopic (exact) mass is 470 g/mol. The SMILES string of the molecule is COc1cc(C)cc([SiH](O[SiH](c2ccccc2)c2cc(C)cc(OC)c2)c2ccccc2)c1. The fraction of sp³-hybridized carbons (Fsp3) is 0.143. The van der Waals surface area contributed by atoms with E-state index in [1.165, 1.54) is 31.9 Å². The second-order valence-electron chi connectivity index (χ2n) is 8.28. The number of benzene rings is 4. The van der Waals surface area contributed by atoms with Gasteiger partial charge in [0.1, 0.15) is 11.5 Å². The van der Waals surface area contributed by atoms with Crippen LogP contribution in [0.1, 0.15) is 11.1 Å². The van der Waals surface area contributed by atoms with Gasteiger partial charge < -0.3 is 13.6 Å². The van der Waals surface area contributed by atoms with Crippen molar-refractivity contribution in [3.05, 3.63) is 108 Å². The van der Waals surface area contributed by atoms with Crippen molar-refractivity contribution in [1.82, 2.24) is 0 Å². The predicted octanol–water partition coefficient (Wildman–Crippen LogP) is 2.71. The highest BCUT2D eigenvalue weighted by Gasteiger charge is 2.27. The number of rotatable bonds is 8. The van der Waals surface area contributed by atoms with Crippen molar-refractivity contribution in [2.75, 3.05) is 14.2 Å². The molecule has 3 nitrogen and oxygen atoms in total. The molecule has 0 N–H and O–H groups in total. The molecule has 2 atom stereocenters. The zero-order valence-corrected chi connectivity index (χ0v) is 21.9. The van der Waals surface area contributed by atoms with Crippen molar-refractivity contribution in [2.45, 2.75) is 13.8 Å². The van der Waals surface area contributed by atoms with E-state index < -0.39 is 18.1 Å². The van der Waals surface area contributed by atoms with Crippen LogP contribution in [-0.4, -0.2) is 32.3 Å².